The molecule has 2 aromatic heterocycles. The number of anilines is 2. The van der Waals surface area contributed by atoms with Crippen LogP contribution in [0.25, 0.3) is 11.0 Å². The van der Waals surface area contributed by atoms with Crippen molar-refractivity contribution in [3.05, 3.63) is 77.4 Å². The fraction of sp³-hybridized carbons (Fsp3) is 0.143. The number of pyridine rings is 1. The number of alkyl halides is 3. The summed E-state index contributed by atoms with van der Waals surface area (Å²) in [5.74, 6) is -0.387. The maximum Gasteiger partial charge on any atom is 0.433 e. The second kappa shape index (κ2) is 8.18. The van der Waals surface area contributed by atoms with Gasteiger partial charge in [0.1, 0.15) is 23.2 Å². The van der Waals surface area contributed by atoms with E-state index in [9.17, 15) is 22.0 Å². The molecule has 160 valence electrons. The van der Waals surface area contributed by atoms with E-state index in [2.05, 4.69) is 20.3 Å². The molecule has 0 saturated heterocycles. The summed E-state index contributed by atoms with van der Waals surface area (Å²) in [5.41, 5.74) is 1.20. The van der Waals surface area contributed by atoms with Gasteiger partial charge in [-0.2, -0.15) is 13.2 Å². The third kappa shape index (κ3) is 4.79. The maximum atomic E-state index is 13.7. The molecule has 0 fully saturated rings. The maximum absolute atomic E-state index is 13.7. The largest absolute Gasteiger partial charge is 0.433 e. The van der Waals surface area contributed by atoms with Gasteiger partial charge in [0.15, 0.2) is 0 Å². The first kappa shape index (κ1) is 21.1. The van der Waals surface area contributed by atoms with Gasteiger partial charge in [-0.05, 0) is 49.4 Å². The van der Waals surface area contributed by atoms with Crippen molar-refractivity contribution in [2.24, 2.45) is 0 Å². The number of H-pyrrole nitrogens is 1. The van der Waals surface area contributed by atoms with Gasteiger partial charge >= 0.3 is 6.18 Å². The van der Waals surface area contributed by atoms with E-state index >= 15 is 0 Å². The Kier molecular flexibility index (Phi) is 5.57. The molecule has 0 radical (unpaired) electrons. The lowest BCUT2D eigenvalue weighted by atomic mass is 10.2. The molecule has 0 aliphatic rings. The molecule has 4 nitrogen and oxygen atoms in total. The molecule has 0 unspecified atom stereocenters. The van der Waals surface area contributed by atoms with Crippen LogP contribution in [0.4, 0.5) is 33.3 Å². The number of fused-ring (bicyclic) bond motifs is 1. The average Bonchev–Trinajstić information content (AvgIpc) is 3.12. The summed E-state index contributed by atoms with van der Waals surface area (Å²) >= 11 is 1.20. The molecule has 10 heteroatoms. The number of hydrogen-bond donors (Lipinski definition) is 2. The first-order chi connectivity index (χ1) is 14.7. The molecule has 0 bridgehead atoms. The van der Waals surface area contributed by atoms with Crippen molar-refractivity contribution in [1.82, 2.24) is 15.0 Å². The summed E-state index contributed by atoms with van der Waals surface area (Å²) in [4.78, 5) is 11.3. The predicted molar refractivity (Wildman–Crippen MR) is 109 cm³/mol. The van der Waals surface area contributed by atoms with E-state index in [0.717, 1.165) is 17.8 Å². The third-order valence-electron chi connectivity index (χ3n) is 4.50. The standard InChI is InChI=1S/C21H15F5N4S/c1-11-15(22)6-13(7-16(11)23)28-12-2-3-17-18(8-12)30-20(29-17)10-31-14-4-5-27-19(9-14)21(24,25)26/h2-9,28H,10H2,1H3,(H,29,30). The Labute approximate surface area is 177 Å². The van der Waals surface area contributed by atoms with Gasteiger partial charge in [0.05, 0.1) is 16.8 Å². The number of hydrogen-bond acceptors (Lipinski definition) is 4. The van der Waals surface area contributed by atoms with E-state index in [1.807, 2.05) is 0 Å². The van der Waals surface area contributed by atoms with Crippen LogP contribution in [-0.2, 0) is 11.9 Å². The lowest BCUT2D eigenvalue weighted by molar-refractivity contribution is -0.141. The summed E-state index contributed by atoms with van der Waals surface area (Å²) in [5, 5.41) is 2.94. The highest BCUT2D eigenvalue weighted by molar-refractivity contribution is 7.98. The fourth-order valence-electron chi connectivity index (χ4n) is 2.90. The molecular formula is C21H15F5N4S. The van der Waals surface area contributed by atoms with E-state index in [1.165, 1.54) is 36.9 Å². The molecule has 4 aromatic rings. The van der Waals surface area contributed by atoms with Crippen LogP contribution in [0.15, 0.2) is 53.6 Å². The third-order valence-corrected chi connectivity index (χ3v) is 5.50. The zero-order chi connectivity index (χ0) is 22.2. The normalized spacial score (nSPS) is 11.8. The lowest BCUT2D eigenvalue weighted by Gasteiger charge is -2.08. The lowest BCUT2D eigenvalue weighted by Crippen LogP contribution is -2.07. The Morgan fingerprint density at radius 3 is 2.45 bits per heavy atom. The Morgan fingerprint density at radius 2 is 1.74 bits per heavy atom. The highest BCUT2D eigenvalue weighted by atomic mass is 32.2. The molecule has 31 heavy (non-hydrogen) atoms. The van der Waals surface area contributed by atoms with Gasteiger partial charge in [-0.1, -0.05) is 0 Å². The van der Waals surface area contributed by atoms with E-state index in [-0.39, 0.29) is 11.3 Å². The number of nitrogens with one attached hydrogen (secondary N) is 2. The highest BCUT2D eigenvalue weighted by Crippen LogP contribution is 2.31. The van der Waals surface area contributed by atoms with Crippen LogP contribution >= 0.6 is 11.8 Å². The Balaban J connectivity index is 1.49. The SMILES string of the molecule is Cc1c(F)cc(Nc2ccc3[nH]c(CSc4ccnc(C(F)(F)F)c4)nc3c2)cc1F. The molecule has 0 aliphatic heterocycles. The minimum Gasteiger partial charge on any atom is -0.355 e. The predicted octanol–water partition coefficient (Wildman–Crippen LogP) is 6.60. The molecule has 0 spiro atoms. The molecule has 0 saturated carbocycles. The number of imidazole rings is 1. The topological polar surface area (TPSA) is 53.6 Å². The Hall–Kier alpha value is -3.14. The Bertz CT molecular complexity index is 1230. The van der Waals surface area contributed by atoms with Gasteiger partial charge < -0.3 is 10.3 Å². The number of rotatable bonds is 5. The van der Waals surface area contributed by atoms with Crippen molar-refractivity contribution in [3.8, 4) is 0 Å². The van der Waals surface area contributed by atoms with Crippen molar-refractivity contribution >= 4 is 34.2 Å². The minimum atomic E-state index is -4.50. The summed E-state index contributed by atoms with van der Waals surface area (Å²) in [7, 11) is 0. The van der Waals surface area contributed by atoms with Crippen LogP contribution in [0.3, 0.4) is 0 Å². The first-order valence-electron chi connectivity index (χ1n) is 9.06. The number of aromatic nitrogens is 3. The van der Waals surface area contributed by atoms with Gasteiger partial charge in [-0.25, -0.2) is 13.8 Å². The van der Waals surface area contributed by atoms with E-state index in [4.69, 9.17) is 0 Å². The molecule has 2 heterocycles. The van der Waals surface area contributed by atoms with E-state index in [0.29, 0.717) is 27.7 Å². The van der Waals surface area contributed by atoms with Gasteiger partial charge in [0, 0.05) is 28.0 Å². The average molecular weight is 450 g/mol. The highest BCUT2D eigenvalue weighted by Gasteiger charge is 2.32. The molecule has 0 atom stereocenters. The summed E-state index contributed by atoms with van der Waals surface area (Å²) in [6.07, 6.45) is -3.37. The minimum absolute atomic E-state index is 0.0491. The van der Waals surface area contributed by atoms with Crippen LogP contribution < -0.4 is 5.32 Å². The quantitative estimate of drug-likeness (QED) is 0.266. The van der Waals surface area contributed by atoms with Crippen LogP contribution in [0.2, 0.25) is 0 Å². The van der Waals surface area contributed by atoms with Gasteiger partial charge in [0.25, 0.3) is 0 Å². The number of thioether (sulfide) groups is 1. The van der Waals surface area contributed by atoms with Crippen LogP contribution in [-0.4, -0.2) is 15.0 Å². The molecule has 2 aromatic carbocycles. The number of halogens is 5. The van der Waals surface area contributed by atoms with Crippen molar-refractivity contribution in [3.63, 3.8) is 0 Å². The van der Waals surface area contributed by atoms with Gasteiger partial charge in [-0.15, -0.1) is 11.8 Å². The molecule has 4 rings (SSSR count). The summed E-state index contributed by atoms with van der Waals surface area (Å²) in [6.45, 7) is 1.36. The number of nitrogens with zero attached hydrogens (tertiary/aromatic N) is 2. The molecule has 0 aliphatic carbocycles. The van der Waals surface area contributed by atoms with Crippen LogP contribution in [0, 0.1) is 18.6 Å². The second-order valence-corrected chi connectivity index (χ2v) is 7.82. The van der Waals surface area contributed by atoms with Gasteiger partial charge in [-0.3, -0.25) is 4.98 Å². The van der Waals surface area contributed by atoms with Crippen molar-refractivity contribution < 1.29 is 22.0 Å². The van der Waals surface area contributed by atoms with Gasteiger partial charge in [0.2, 0.25) is 0 Å². The fourth-order valence-corrected chi connectivity index (χ4v) is 3.69. The van der Waals surface area contributed by atoms with Crippen molar-refractivity contribution in [2.45, 2.75) is 23.7 Å². The monoisotopic (exact) mass is 450 g/mol. The van der Waals surface area contributed by atoms with Crippen molar-refractivity contribution in [1.29, 1.82) is 0 Å². The molecule has 2 N–H and O–H groups in total. The van der Waals surface area contributed by atoms with Crippen LogP contribution in [0.5, 0.6) is 0 Å². The smallest absolute Gasteiger partial charge is 0.355 e. The molecular weight excluding hydrogens is 435 g/mol. The van der Waals surface area contributed by atoms with E-state index < -0.39 is 23.5 Å². The zero-order valence-corrected chi connectivity index (χ0v) is 16.8. The van der Waals surface area contributed by atoms with Crippen molar-refractivity contribution in [2.75, 3.05) is 5.32 Å². The second-order valence-electron chi connectivity index (χ2n) is 6.77. The molecule has 0 amide bonds. The Morgan fingerprint density at radius 1 is 1.00 bits per heavy atom. The van der Waals surface area contributed by atoms with Crippen LogP contribution in [0.1, 0.15) is 17.1 Å². The summed E-state index contributed by atoms with van der Waals surface area (Å²) < 4.78 is 65.9. The number of aromatic amines is 1. The van der Waals surface area contributed by atoms with E-state index in [1.54, 1.807) is 18.2 Å². The number of benzene rings is 2. The first-order valence-corrected chi connectivity index (χ1v) is 10.0. The zero-order valence-electron chi connectivity index (χ0n) is 16.0. The summed E-state index contributed by atoms with van der Waals surface area (Å²) in [6, 6.07) is 10.1.